The highest BCUT2D eigenvalue weighted by Gasteiger charge is 2.31. The second-order valence-electron chi connectivity index (χ2n) is 5.52. The fraction of sp³-hybridized carbons (Fsp3) is 0.562. The molecule has 0 spiro atoms. The van der Waals surface area contributed by atoms with Crippen LogP contribution in [0.25, 0.3) is 0 Å². The topological polar surface area (TPSA) is 20.3 Å². The summed E-state index contributed by atoms with van der Waals surface area (Å²) in [4.78, 5) is 14.2. The Morgan fingerprint density at radius 3 is 2.76 bits per heavy atom. The average molecular weight is 299 g/mol. The zero-order valence-electron chi connectivity index (χ0n) is 12.1. The van der Waals surface area contributed by atoms with Crippen LogP contribution in [0.1, 0.15) is 43.7 Å². The Balaban J connectivity index is 2.08. The highest BCUT2D eigenvalue weighted by molar-refractivity contribution is 5.79. The summed E-state index contributed by atoms with van der Waals surface area (Å²) in [6.07, 6.45) is -0.341. The summed E-state index contributed by atoms with van der Waals surface area (Å²) in [6.45, 7) is 2.76. The molecule has 2 nitrogen and oxygen atoms in total. The van der Waals surface area contributed by atoms with Gasteiger partial charge in [-0.05, 0) is 37.3 Å². The number of alkyl halides is 3. The largest absolute Gasteiger partial charge is 0.416 e. The Morgan fingerprint density at radius 1 is 1.33 bits per heavy atom. The van der Waals surface area contributed by atoms with Crippen LogP contribution in [0.15, 0.2) is 24.3 Å². The molecule has 0 N–H and O–H groups in total. The van der Waals surface area contributed by atoms with E-state index in [0.717, 1.165) is 44.4 Å². The van der Waals surface area contributed by atoms with E-state index in [1.54, 1.807) is 6.07 Å². The molecule has 1 fully saturated rings. The van der Waals surface area contributed by atoms with E-state index in [1.807, 2.05) is 11.8 Å². The number of benzene rings is 1. The fourth-order valence-electron chi connectivity index (χ4n) is 2.89. The van der Waals surface area contributed by atoms with Crippen LogP contribution in [0.4, 0.5) is 13.2 Å². The van der Waals surface area contributed by atoms with Crippen molar-refractivity contribution in [3.05, 3.63) is 35.4 Å². The normalized spacial score (nSPS) is 19.6. The molecule has 116 valence electrons. The van der Waals surface area contributed by atoms with Gasteiger partial charge in [-0.1, -0.05) is 25.1 Å². The summed E-state index contributed by atoms with van der Waals surface area (Å²) in [5.74, 6) is -0.0686. The summed E-state index contributed by atoms with van der Waals surface area (Å²) >= 11 is 0. The van der Waals surface area contributed by atoms with E-state index in [1.165, 1.54) is 6.07 Å². The first-order valence-electron chi connectivity index (χ1n) is 7.37. The van der Waals surface area contributed by atoms with Crippen LogP contribution in [-0.4, -0.2) is 23.4 Å². The molecule has 21 heavy (non-hydrogen) atoms. The minimum atomic E-state index is -4.36. The van der Waals surface area contributed by atoms with Gasteiger partial charge in [-0.2, -0.15) is 13.2 Å². The number of rotatable bonds is 3. The van der Waals surface area contributed by atoms with E-state index < -0.39 is 11.7 Å². The molecule has 1 aliphatic rings. The second-order valence-corrected chi connectivity index (χ2v) is 5.52. The third-order valence-electron chi connectivity index (χ3n) is 4.03. The number of likely N-dealkylation sites (tertiary alicyclic amines) is 1. The molecule has 1 amide bonds. The Bertz CT molecular complexity index is 499. The van der Waals surface area contributed by atoms with Gasteiger partial charge in [-0.3, -0.25) is 4.79 Å². The maximum absolute atomic E-state index is 12.7. The Labute approximate surface area is 122 Å². The SMILES string of the molecule is CCC1CCCCN1C(=O)Cc1cccc(C(F)(F)F)c1. The lowest BCUT2D eigenvalue weighted by molar-refractivity contribution is -0.138. The van der Waals surface area contributed by atoms with Crippen LogP contribution < -0.4 is 0 Å². The molecule has 1 heterocycles. The van der Waals surface area contributed by atoms with E-state index in [9.17, 15) is 18.0 Å². The fourth-order valence-corrected chi connectivity index (χ4v) is 2.89. The molecule has 1 unspecified atom stereocenters. The highest BCUT2D eigenvalue weighted by atomic mass is 19.4. The smallest absolute Gasteiger partial charge is 0.339 e. The Hall–Kier alpha value is -1.52. The van der Waals surface area contributed by atoms with Gasteiger partial charge in [0.15, 0.2) is 0 Å². The summed E-state index contributed by atoms with van der Waals surface area (Å²) in [7, 11) is 0. The van der Waals surface area contributed by atoms with E-state index >= 15 is 0 Å². The van der Waals surface area contributed by atoms with Crippen molar-refractivity contribution in [2.24, 2.45) is 0 Å². The number of halogens is 3. The lowest BCUT2D eigenvalue weighted by atomic mass is 9.98. The van der Waals surface area contributed by atoms with Gasteiger partial charge in [0.25, 0.3) is 0 Å². The molecule has 0 aliphatic carbocycles. The lowest BCUT2D eigenvalue weighted by Crippen LogP contribution is -2.44. The molecule has 0 bridgehead atoms. The number of carbonyl (C=O) groups excluding carboxylic acids is 1. The second kappa shape index (κ2) is 6.50. The Kier molecular flexibility index (Phi) is 4.91. The molecule has 5 heteroatoms. The summed E-state index contributed by atoms with van der Waals surface area (Å²) in [5, 5.41) is 0. The first-order chi connectivity index (χ1) is 9.91. The summed E-state index contributed by atoms with van der Waals surface area (Å²) in [5.41, 5.74) is -0.270. The van der Waals surface area contributed by atoms with Crippen LogP contribution >= 0.6 is 0 Å². The maximum Gasteiger partial charge on any atom is 0.416 e. The molecular weight excluding hydrogens is 279 g/mol. The van der Waals surface area contributed by atoms with Gasteiger partial charge in [-0.25, -0.2) is 0 Å². The van der Waals surface area contributed by atoms with Gasteiger partial charge in [-0.15, -0.1) is 0 Å². The summed E-state index contributed by atoms with van der Waals surface area (Å²) < 4.78 is 38.0. The predicted molar refractivity (Wildman–Crippen MR) is 74.8 cm³/mol. The molecule has 1 aliphatic heterocycles. The van der Waals surface area contributed by atoms with Gasteiger partial charge in [0.2, 0.25) is 5.91 Å². The third-order valence-corrected chi connectivity index (χ3v) is 4.03. The Morgan fingerprint density at radius 2 is 2.10 bits per heavy atom. The third kappa shape index (κ3) is 3.99. The number of piperidine rings is 1. The number of hydrogen-bond acceptors (Lipinski definition) is 1. The monoisotopic (exact) mass is 299 g/mol. The zero-order chi connectivity index (χ0) is 15.5. The quantitative estimate of drug-likeness (QED) is 0.825. The van der Waals surface area contributed by atoms with Crippen molar-refractivity contribution in [3.63, 3.8) is 0 Å². The minimum absolute atomic E-state index is 0.0421. The molecule has 1 atom stereocenters. The standard InChI is InChI=1S/C16H20F3NO/c1-2-14-8-3-4-9-20(14)15(21)11-12-6-5-7-13(10-12)16(17,18)19/h5-7,10,14H,2-4,8-9,11H2,1H3. The van der Waals surface area contributed by atoms with Crippen LogP contribution in [0, 0.1) is 0 Å². The molecule has 1 aromatic carbocycles. The van der Waals surface area contributed by atoms with E-state index in [2.05, 4.69) is 0 Å². The molecular formula is C16H20F3NO. The van der Waals surface area contributed by atoms with E-state index in [-0.39, 0.29) is 18.4 Å². The van der Waals surface area contributed by atoms with Gasteiger partial charge >= 0.3 is 6.18 Å². The van der Waals surface area contributed by atoms with Gasteiger partial charge in [0, 0.05) is 12.6 Å². The lowest BCUT2D eigenvalue weighted by Gasteiger charge is -2.35. The highest BCUT2D eigenvalue weighted by Crippen LogP contribution is 2.30. The zero-order valence-corrected chi connectivity index (χ0v) is 12.1. The number of nitrogens with zero attached hydrogens (tertiary/aromatic N) is 1. The predicted octanol–water partition coefficient (Wildman–Crippen LogP) is 4.04. The van der Waals surface area contributed by atoms with Gasteiger partial charge in [0.1, 0.15) is 0 Å². The molecule has 0 aromatic heterocycles. The molecule has 1 saturated heterocycles. The van der Waals surface area contributed by atoms with Crippen molar-refractivity contribution in [1.29, 1.82) is 0 Å². The van der Waals surface area contributed by atoms with Crippen molar-refractivity contribution in [2.75, 3.05) is 6.54 Å². The van der Waals surface area contributed by atoms with Crippen molar-refractivity contribution >= 4 is 5.91 Å². The molecule has 2 rings (SSSR count). The first kappa shape index (κ1) is 15.9. The van der Waals surface area contributed by atoms with Crippen molar-refractivity contribution in [3.8, 4) is 0 Å². The minimum Gasteiger partial charge on any atom is -0.339 e. The van der Waals surface area contributed by atoms with Gasteiger partial charge < -0.3 is 4.90 Å². The van der Waals surface area contributed by atoms with Crippen LogP contribution in [0.5, 0.6) is 0 Å². The maximum atomic E-state index is 12.7. The van der Waals surface area contributed by atoms with Crippen LogP contribution in [-0.2, 0) is 17.4 Å². The first-order valence-corrected chi connectivity index (χ1v) is 7.37. The number of hydrogen-bond donors (Lipinski definition) is 0. The van der Waals surface area contributed by atoms with E-state index in [0.29, 0.717) is 5.56 Å². The number of amides is 1. The van der Waals surface area contributed by atoms with Crippen LogP contribution in [0.2, 0.25) is 0 Å². The summed E-state index contributed by atoms with van der Waals surface area (Å²) in [6, 6.07) is 5.28. The molecule has 1 aromatic rings. The van der Waals surface area contributed by atoms with Gasteiger partial charge in [0.05, 0.1) is 12.0 Å². The van der Waals surface area contributed by atoms with Crippen molar-refractivity contribution in [1.82, 2.24) is 4.90 Å². The van der Waals surface area contributed by atoms with Crippen molar-refractivity contribution < 1.29 is 18.0 Å². The molecule has 0 saturated carbocycles. The molecule has 0 radical (unpaired) electrons. The van der Waals surface area contributed by atoms with Crippen molar-refractivity contribution in [2.45, 2.75) is 51.2 Å². The number of carbonyl (C=O) groups is 1. The average Bonchev–Trinajstić information content (AvgIpc) is 2.46. The van der Waals surface area contributed by atoms with Crippen LogP contribution in [0.3, 0.4) is 0 Å². The van der Waals surface area contributed by atoms with E-state index in [4.69, 9.17) is 0 Å².